The second kappa shape index (κ2) is 7.66. The molecule has 0 saturated carbocycles. The van der Waals surface area contributed by atoms with Crippen molar-refractivity contribution in [3.8, 4) is 6.07 Å². The first-order chi connectivity index (χ1) is 12.1. The fourth-order valence-electron chi connectivity index (χ4n) is 2.26. The van der Waals surface area contributed by atoms with Gasteiger partial charge in [-0.2, -0.15) is 5.26 Å². The van der Waals surface area contributed by atoms with Gasteiger partial charge in [0.25, 0.3) is 5.56 Å². The Morgan fingerprint density at radius 2 is 2.16 bits per heavy atom. The number of aromatic nitrogens is 3. The van der Waals surface area contributed by atoms with Crippen LogP contribution < -0.4 is 5.56 Å². The lowest BCUT2D eigenvalue weighted by Gasteiger charge is -2.12. The lowest BCUT2D eigenvalue weighted by atomic mass is 10.2. The minimum absolute atomic E-state index is 0.169. The molecule has 8 heteroatoms. The van der Waals surface area contributed by atoms with Crippen molar-refractivity contribution in [1.29, 1.82) is 5.26 Å². The van der Waals surface area contributed by atoms with E-state index < -0.39 is 0 Å². The number of rotatable bonds is 5. The Hall–Kier alpha value is -2.40. The number of pyridine rings is 1. The fourth-order valence-corrected chi connectivity index (χ4v) is 3.33. The normalized spacial score (nSPS) is 10.8. The van der Waals surface area contributed by atoms with E-state index in [2.05, 4.69) is 9.97 Å². The molecule has 1 aromatic carbocycles. The van der Waals surface area contributed by atoms with Crippen molar-refractivity contribution < 1.29 is 4.74 Å². The minimum atomic E-state index is -0.169. The fraction of sp³-hybridized carbons (Fsp3) is 0.176. The molecule has 0 fully saturated rings. The predicted molar refractivity (Wildman–Crippen MR) is 96.0 cm³/mol. The van der Waals surface area contributed by atoms with Crippen LogP contribution in [0.1, 0.15) is 5.69 Å². The largest absolute Gasteiger partial charge is 0.383 e. The molecule has 0 unspecified atom stereocenters. The molecule has 0 atom stereocenters. The molecule has 0 aliphatic rings. The van der Waals surface area contributed by atoms with Crippen LogP contribution in [-0.4, -0.2) is 28.3 Å². The molecule has 6 nitrogen and oxygen atoms in total. The third-order valence-electron chi connectivity index (χ3n) is 3.44. The summed E-state index contributed by atoms with van der Waals surface area (Å²) in [6, 6.07) is 12.1. The van der Waals surface area contributed by atoms with Crippen molar-refractivity contribution in [2.24, 2.45) is 0 Å². The molecule has 2 heterocycles. The summed E-state index contributed by atoms with van der Waals surface area (Å²) < 4.78 is 6.64. The van der Waals surface area contributed by atoms with Gasteiger partial charge in [-0.05, 0) is 42.1 Å². The van der Waals surface area contributed by atoms with Gasteiger partial charge < -0.3 is 4.74 Å². The van der Waals surface area contributed by atoms with E-state index in [0.29, 0.717) is 45.0 Å². The third-order valence-corrected chi connectivity index (χ3v) is 4.60. The number of ether oxygens (including phenoxy) is 1. The average molecular weight is 373 g/mol. The molecule has 0 bridgehead atoms. The van der Waals surface area contributed by atoms with Crippen LogP contribution in [0.25, 0.3) is 10.9 Å². The number of benzene rings is 1. The molecule has 25 heavy (non-hydrogen) atoms. The van der Waals surface area contributed by atoms with E-state index in [1.54, 1.807) is 48.1 Å². The lowest BCUT2D eigenvalue weighted by Crippen LogP contribution is -2.25. The number of nitriles is 1. The lowest BCUT2D eigenvalue weighted by molar-refractivity contribution is 0.183. The highest BCUT2D eigenvalue weighted by molar-refractivity contribution is 7.99. The third kappa shape index (κ3) is 3.82. The second-order valence-corrected chi connectivity index (χ2v) is 6.50. The van der Waals surface area contributed by atoms with Crippen molar-refractivity contribution in [3.05, 3.63) is 57.5 Å². The van der Waals surface area contributed by atoms with Gasteiger partial charge in [-0.25, -0.2) is 9.97 Å². The highest BCUT2D eigenvalue weighted by Gasteiger charge is 2.13. The van der Waals surface area contributed by atoms with Crippen LogP contribution in [0.15, 0.2) is 51.4 Å². The molecule has 0 radical (unpaired) electrons. The van der Waals surface area contributed by atoms with Crippen molar-refractivity contribution >= 4 is 34.3 Å². The summed E-state index contributed by atoms with van der Waals surface area (Å²) in [5.74, 6) is 0. The maximum Gasteiger partial charge on any atom is 0.262 e. The van der Waals surface area contributed by atoms with Crippen LogP contribution >= 0.6 is 23.4 Å². The summed E-state index contributed by atoms with van der Waals surface area (Å²) in [5.41, 5.74) is 0.655. The van der Waals surface area contributed by atoms with E-state index in [-0.39, 0.29) is 5.56 Å². The van der Waals surface area contributed by atoms with Crippen molar-refractivity contribution in [1.82, 2.24) is 14.5 Å². The van der Waals surface area contributed by atoms with Crippen LogP contribution in [-0.2, 0) is 11.3 Å². The smallest absolute Gasteiger partial charge is 0.262 e. The summed E-state index contributed by atoms with van der Waals surface area (Å²) in [4.78, 5) is 21.6. The monoisotopic (exact) mass is 372 g/mol. The Bertz CT molecular complexity index is 1030. The van der Waals surface area contributed by atoms with E-state index in [1.165, 1.54) is 11.8 Å². The summed E-state index contributed by atoms with van der Waals surface area (Å²) in [6.45, 7) is 0.737. The Morgan fingerprint density at radius 3 is 2.92 bits per heavy atom. The molecule has 0 spiro atoms. The number of halogens is 1. The maximum absolute atomic E-state index is 12.8. The average Bonchev–Trinajstić information content (AvgIpc) is 2.61. The van der Waals surface area contributed by atoms with Crippen molar-refractivity contribution in [2.45, 2.75) is 16.7 Å². The molecule has 0 aliphatic heterocycles. The number of nitrogens with zero attached hydrogens (tertiary/aromatic N) is 4. The second-order valence-electron chi connectivity index (χ2n) is 5.08. The molecule has 2 aromatic heterocycles. The van der Waals surface area contributed by atoms with E-state index >= 15 is 0 Å². The number of fused-ring (bicyclic) bond motifs is 1. The molecule has 3 rings (SSSR count). The topological polar surface area (TPSA) is 80.8 Å². The quantitative estimate of drug-likeness (QED) is 0.640. The zero-order chi connectivity index (χ0) is 17.8. The highest BCUT2D eigenvalue weighted by atomic mass is 35.5. The van der Waals surface area contributed by atoms with Gasteiger partial charge in [0, 0.05) is 12.1 Å². The van der Waals surface area contributed by atoms with E-state index in [0.717, 1.165) is 0 Å². The Kier molecular flexibility index (Phi) is 5.34. The number of hydrogen-bond donors (Lipinski definition) is 0. The first kappa shape index (κ1) is 17.4. The van der Waals surface area contributed by atoms with Crippen LogP contribution in [0.4, 0.5) is 0 Å². The van der Waals surface area contributed by atoms with E-state index in [1.807, 2.05) is 6.07 Å². The molecular weight excluding hydrogens is 360 g/mol. The Balaban J connectivity index is 2.13. The summed E-state index contributed by atoms with van der Waals surface area (Å²) >= 11 is 7.24. The van der Waals surface area contributed by atoms with Gasteiger partial charge in [-0.3, -0.25) is 9.36 Å². The van der Waals surface area contributed by atoms with Crippen LogP contribution in [0.5, 0.6) is 0 Å². The van der Waals surface area contributed by atoms with Gasteiger partial charge >= 0.3 is 0 Å². The van der Waals surface area contributed by atoms with E-state index in [9.17, 15) is 4.79 Å². The maximum atomic E-state index is 12.8. The summed E-state index contributed by atoms with van der Waals surface area (Å²) in [6.07, 6.45) is 0. The SMILES string of the molecule is COCCn1c(Sc2cccc(C#N)n2)nc2cc(Cl)ccc2c1=O. The first-order valence-corrected chi connectivity index (χ1v) is 8.56. The zero-order valence-electron chi connectivity index (χ0n) is 13.3. The van der Waals surface area contributed by atoms with Crippen LogP contribution in [0.3, 0.4) is 0 Å². The Morgan fingerprint density at radius 1 is 1.32 bits per heavy atom. The van der Waals surface area contributed by atoms with Gasteiger partial charge in [-0.1, -0.05) is 17.7 Å². The zero-order valence-corrected chi connectivity index (χ0v) is 14.8. The van der Waals surface area contributed by atoms with Gasteiger partial charge in [0.1, 0.15) is 16.8 Å². The molecule has 0 amide bonds. The molecule has 0 saturated heterocycles. The van der Waals surface area contributed by atoms with Gasteiger partial charge in [0.2, 0.25) is 0 Å². The van der Waals surface area contributed by atoms with Crippen molar-refractivity contribution in [3.63, 3.8) is 0 Å². The van der Waals surface area contributed by atoms with Gasteiger partial charge in [-0.15, -0.1) is 0 Å². The molecule has 3 aromatic rings. The molecular formula is C17H13ClN4O2S. The first-order valence-electron chi connectivity index (χ1n) is 7.36. The van der Waals surface area contributed by atoms with Crippen molar-refractivity contribution in [2.75, 3.05) is 13.7 Å². The van der Waals surface area contributed by atoms with Gasteiger partial charge in [0.15, 0.2) is 5.16 Å². The summed E-state index contributed by atoms with van der Waals surface area (Å²) in [7, 11) is 1.57. The summed E-state index contributed by atoms with van der Waals surface area (Å²) in [5, 5.41) is 11.0. The highest BCUT2D eigenvalue weighted by Crippen LogP contribution is 2.26. The van der Waals surface area contributed by atoms with Crippen LogP contribution in [0.2, 0.25) is 5.02 Å². The Labute approximate surface area is 153 Å². The number of hydrogen-bond acceptors (Lipinski definition) is 6. The van der Waals surface area contributed by atoms with E-state index in [4.69, 9.17) is 21.6 Å². The van der Waals surface area contributed by atoms with Gasteiger partial charge in [0.05, 0.1) is 24.1 Å². The van der Waals surface area contributed by atoms with Crippen LogP contribution in [0, 0.1) is 11.3 Å². The standard InChI is InChI=1S/C17H13ClN4O2S/c1-24-8-7-22-16(23)13-6-5-11(18)9-14(13)21-17(22)25-15-4-2-3-12(10-19)20-15/h2-6,9H,7-8H2,1H3. The molecule has 126 valence electrons. The molecule has 0 aliphatic carbocycles. The predicted octanol–water partition coefficient (Wildman–Crippen LogP) is 3.11. The minimum Gasteiger partial charge on any atom is -0.383 e. The molecule has 0 N–H and O–H groups in total. The number of methoxy groups -OCH3 is 1.